The molecule has 2 aromatic rings. The van der Waals surface area contributed by atoms with Crippen molar-refractivity contribution in [1.82, 2.24) is 15.1 Å². The maximum Gasteiger partial charge on any atom is 0.308 e. The minimum Gasteiger partial charge on any atom is -0.481 e. The van der Waals surface area contributed by atoms with E-state index in [0.29, 0.717) is 18.3 Å². The Hall–Kier alpha value is -2.44. The monoisotopic (exact) mass is 302 g/mol. The number of carbonyl (C=O) groups is 1. The summed E-state index contributed by atoms with van der Waals surface area (Å²) in [6.45, 7) is 3.30. The van der Waals surface area contributed by atoms with E-state index < -0.39 is 5.97 Å². The third-order valence-corrected chi connectivity index (χ3v) is 3.87. The Labute approximate surface area is 128 Å². The average molecular weight is 302 g/mol. The van der Waals surface area contributed by atoms with Crippen LogP contribution in [0.5, 0.6) is 0 Å². The lowest BCUT2D eigenvalue weighted by Gasteiger charge is -2.31. The van der Waals surface area contributed by atoms with Gasteiger partial charge in [-0.1, -0.05) is 12.1 Å². The van der Waals surface area contributed by atoms with Crippen LogP contribution in [0.15, 0.2) is 22.9 Å². The van der Waals surface area contributed by atoms with E-state index in [-0.39, 0.29) is 5.92 Å². The van der Waals surface area contributed by atoms with Gasteiger partial charge in [0, 0.05) is 25.7 Å². The molecule has 0 aromatic carbocycles. The highest BCUT2D eigenvalue weighted by Gasteiger charge is 2.26. The van der Waals surface area contributed by atoms with Crippen LogP contribution < -0.4 is 4.90 Å². The van der Waals surface area contributed by atoms with Crippen molar-refractivity contribution in [3.63, 3.8) is 0 Å². The van der Waals surface area contributed by atoms with Gasteiger partial charge >= 0.3 is 5.97 Å². The molecule has 7 nitrogen and oxygen atoms in total. The third kappa shape index (κ3) is 2.93. The van der Waals surface area contributed by atoms with Gasteiger partial charge in [-0.25, -0.2) is 4.98 Å². The molecule has 1 N–H and O–H groups in total. The van der Waals surface area contributed by atoms with Crippen molar-refractivity contribution in [3.05, 3.63) is 24.2 Å². The molecule has 0 amide bonds. The van der Waals surface area contributed by atoms with Crippen molar-refractivity contribution in [2.75, 3.05) is 18.0 Å². The summed E-state index contributed by atoms with van der Waals surface area (Å²) in [7, 11) is 0. The molecule has 22 heavy (non-hydrogen) atoms. The molecule has 1 aliphatic heterocycles. The molecule has 1 fully saturated rings. The van der Waals surface area contributed by atoms with Crippen molar-refractivity contribution in [3.8, 4) is 11.5 Å². The second-order valence-electron chi connectivity index (χ2n) is 5.40. The number of pyridine rings is 1. The van der Waals surface area contributed by atoms with Gasteiger partial charge < -0.3 is 14.5 Å². The fraction of sp³-hybridized carbons (Fsp3) is 0.467. The van der Waals surface area contributed by atoms with Gasteiger partial charge in [0.15, 0.2) is 5.82 Å². The van der Waals surface area contributed by atoms with Gasteiger partial charge in [-0.15, -0.1) is 0 Å². The maximum atomic E-state index is 11.1. The number of anilines is 1. The largest absolute Gasteiger partial charge is 0.481 e. The summed E-state index contributed by atoms with van der Waals surface area (Å²) in [4.78, 5) is 21.8. The summed E-state index contributed by atoms with van der Waals surface area (Å²) in [5.41, 5.74) is 0.766. The number of aliphatic carboxylic acids is 1. The molecular formula is C15H18N4O3. The van der Waals surface area contributed by atoms with Crippen molar-refractivity contribution in [2.24, 2.45) is 5.92 Å². The molecule has 3 heterocycles. The second kappa shape index (κ2) is 6.13. The smallest absolute Gasteiger partial charge is 0.308 e. The SMILES string of the molecule is CCc1noc(-c2ccc(N3CCCC(C(=O)O)C3)nc2)n1. The minimum absolute atomic E-state index is 0.321. The molecular weight excluding hydrogens is 284 g/mol. The Morgan fingerprint density at radius 1 is 1.50 bits per heavy atom. The van der Waals surface area contributed by atoms with Crippen LogP contribution in [0, 0.1) is 5.92 Å². The van der Waals surface area contributed by atoms with Crippen molar-refractivity contribution >= 4 is 11.8 Å². The van der Waals surface area contributed by atoms with Gasteiger partial charge in [-0.05, 0) is 25.0 Å². The fourth-order valence-corrected chi connectivity index (χ4v) is 2.60. The van der Waals surface area contributed by atoms with Gasteiger partial charge in [-0.3, -0.25) is 4.79 Å². The first-order chi connectivity index (χ1) is 10.7. The molecule has 7 heteroatoms. The summed E-state index contributed by atoms with van der Waals surface area (Å²) in [5.74, 6) is 0.847. The Bertz CT molecular complexity index is 653. The first kappa shape index (κ1) is 14.5. The number of rotatable bonds is 4. The Morgan fingerprint density at radius 2 is 2.36 bits per heavy atom. The first-order valence-electron chi connectivity index (χ1n) is 7.44. The van der Waals surface area contributed by atoms with Crippen molar-refractivity contribution in [1.29, 1.82) is 0 Å². The van der Waals surface area contributed by atoms with E-state index in [0.717, 1.165) is 37.2 Å². The summed E-state index contributed by atoms with van der Waals surface area (Å²) in [5, 5.41) is 13.0. The number of piperidine rings is 1. The van der Waals surface area contributed by atoms with Crippen molar-refractivity contribution in [2.45, 2.75) is 26.2 Å². The number of aryl methyl sites for hydroxylation is 1. The molecule has 0 spiro atoms. The average Bonchev–Trinajstić information content (AvgIpc) is 3.04. The summed E-state index contributed by atoms with van der Waals surface area (Å²) in [6.07, 6.45) is 4.00. The van der Waals surface area contributed by atoms with Crippen LogP contribution in [0.25, 0.3) is 11.5 Å². The molecule has 0 radical (unpaired) electrons. The van der Waals surface area contributed by atoms with Gasteiger partial charge in [0.25, 0.3) is 5.89 Å². The van der Waals surface area contributed by atoms with Crippen LogP contribution in [-0.4, -0.2) is 39.3 Å². The summed E-state index contributed by atoms with van der Waals surface area (Å²) in [6, 6.07) is 3.75. The van der Waals surface area contributed by atoms with E-state index in [9.17, 15) is 4.79 Å². The molecule has 2 aromatic heterocycles. The lowest BCUT2D eigenvalue weighted by Crippen LogP contribution is -2.39. The molecule has 116 valence electrons. The topological polar surface area (TPSA) is 92.4 Å². The quantitative estimate of drug-likeness (QED) is 0.923. The zero-order valence-electron chi connectivity index (χ0n) is 12.4. The van der Waals surface area contributed by atoms with Crippen molar-refractivity contribution < 1.29 is 14.4 Å². The molecule has 1 atom stereocenters. The van der Waals surface area contributed by atoms with E-state index in [2.05, 4.69) is 15.1 Å². The van der Waals surface area contributed by atoms with E-state index in [1.807, 2.05) is 24.0 Å². The number of nitrogens with zero attached hydrogens (tertiary/aromatic N) is 4. The van der Waals surface area contributed by atoms with Gasteiger partial charge in [-0.2, -0.15) is 4.98 Å². The predicted molar refractivity (Wildman–Crippen MR) is 79.5 cm³/mol. The minimum atomic E-state index is -0.737. The first-order valence-corrected chi connectivity index (χ1v) is 7.44. The Balaban J connectivity index is 1.75. The van der Waals surface area contributed by atoms with E-state index in [1.54, 1.807) is 6.20 Å². The lowest BCUT2D eigenvalue weighted by atomic mass is 9.98. The van der Waals surface area contributed by atoms with E-state index >= 15 is 0 Å². The number of carboxylic acid groups (broad SMARTS) is 1. The molecule has 3 rings (SSSR count). The van der Waals surface area contributed by atoms with Crippen LogP contribution >= 0.6 is 0 Å². The molecule has 1 aliphatic rings. The molecule has 1 saturated heterocycles. The highest BCUT2D eigenvalue weighted by molar-refractivity contribution is 5.71. The highest BCUT2D eigenvalue weighted by atomic mass is 16.5. The number of hydrogen-bond donors (Lipinski definition) is 1. The standard InChI is InChI=1S/C15H18N4O3/c1-2-12-17-14(22-18-12)10-5-6-13(16-8-10)19-7-3-4-11(9-19)15(20)21/h5-6,8,11H,2-4,7,9H2,1H3,(H,20,21). The number of carboxylic acids is 1. The van der Waals surface area contributed by atoms with Gasteiger partial charge in [0.1, 0.15) is 5.82 Å². The second-order valence-corrected chi connectivity index (χ2v) is 5.40. The third-order valence-electron chi connectivity index (χ3n) is 3.87. The van der Waals surface area contributed by atoms with Crippen LogP contribution in [0.3, 0.4) is 0 Å². The van der Waals surface area contributed by atoms with Crippen LogP contribution in [-0.2, 0) is 11.2 Å². The van der Waals surface area contributed by atoms with Crippen LogP contribution in [0.2, 0.25) is 0 Å². The Morgan fingerprint density at radius 3 is 3.00 bits per heavy atom. The zero-order valence-corrected chi connectivity index (χ0v) is 12.4. The highest BCUT2D eigenvalue weighted by Crippen LogP contribution is 2.24. The van der Waals surface area contributed by atoms with Gasteiger partial charge in [0.2, 0.25) is 0 Å². The molecule has 0 saturated carbocycles. The van der Waals surface area contributed by atoms with Crippen LogP contribution in [0.4, 0.5) is 5.82 Å². The predicted octanol–water partition coefficient (Wildman–Crippen LogP) is 1.99. The summed E-state index contributed by atoms with van der Waals surface area (Å²) < 4.78 is 5.18. The normalized spacial score (nSPS) is 18.4. The van der Waals surface area contributed by atoms with Crippen LogP contribution in [0.1, 0.15) is 25.6 Å². The van der Waals surface area contributed by atoms with E-state index in [1.165, 1.54) is 0 Å². The Kier molecular flexibility index (Phi) is 4.04. The lowest BCUT2D eigenvalue weighted by molar-refractivity contribution is -0.141. The fourth-order valence-electron chi connectivity index (χ4n) is 2.60. The number of aromatic nitrogens is 3. The maximum absolute atomic E-state index is 11.1. The van der Waals surface area contributed by atoms with E-state index in [4.69, 9.17) is 9.63 Å². The molecule has 0 aliphatic carbocycles. The molecule has 1 unspecified atom stereocenters. The number of hydrogen-bond acceptors (Lipinski definition) is 6. The molecule has 0 bridgehead atoms. The summed E-state index contributed by atoms with van der Waals surface area (Å²) >= 11 is 0. The van der Waals surface area contributed by atoms with Gasteiger partial charge in [0.05, 0.1) is 11.5 Å². The zero-order chi connectivity index (χ0) is 15.5.